The number of anilines is 2. The summed E-state index contributed by atoms with van der Waals surface area (Å²) in [6.45, 7) is 0. The Labute approximate surface area is 198 Å². The van der Waals surface area contributed by atoms with E-state index >= 15 is 0 Å². The van der Waals surface area contributed by atoms with Crippen molar-refractivity contribution in [2.75, 3.05) is 11.9 Å². The van der Waals surface area contributed by atoms with E-state index in [1.165, 1.54) is 34.0 Å². The highest BCUT2D eigenvalue weighted by molar-refractivity contribution is 6.10. The smallest absolute Gasteiger partial charge is 0.123 e. The third-order valence-corrected chi connectivity index (χ3v) is 6.49. The second-order valence-corrected chi connectivity index (χ2v) is 8.50. The fourth-order valence-electron chi connectivity index (χ4n) is 4.70. The molecule has 0 aliphatic carbocycles. The summed E-state index contributed by atoms with van der Waals surface area (Å²) in [6.07, 6.45) is 0. The molecule has 1 heterocycles. The van der Waals surface area contributed by atoms with E-state index in [4.69, 9.17) is 0 Å². The van der Waals surface area contributed by atoms with Gasteiger partial charge in [-0.05, 0) is 71.8 Å². The number of benzene rings is 5. The summed E-state index contributed by atoms with van der Waals surface area (Å²) < 4.78 is 15.8. The third-order valence-electron chi connectivity index (χ3n) is 6.49. The molecule has 0 radical (unpaired) electrons. The van der Waals surface area contributed by atoms with E-state index in [2.05, 4.69) is 101 Å². The van der Waals surface area contributed by atoms with Crippen LogP contribution in [0.1, 0.15) is 0 Å². The summed E-state index contributed by atoms with van der Waals surface area (Å²) in [4.78, 5) is 2.21. The quantitative estimate of drug-likeness (QED) is 0.266. The van der Waals surface area contributed by atoms with Crippen LogP contribution in [0, 0.1) is 5.82 Å². The Balaban J connectivity index is 1.43. The standard InChI is InChI=1S/C31H23FN2/c1-33(25-15-11-23(12-16-25)22-7-3-2-4-8-22)27-19-20-31-29(21-27)28-9-5-6-10-30(28)34(31)26-17-13-24(32)14-18-26/h2-21H,1H3. The Hall–Kier alpha value is -4.37. The third kappa shape index (κ3) is 3.43. The predicted molar refractivity (Wildman–Crippen MR) is 141 cm³/mol. The molecule has 0 aliphatic rings. The largest absolute Gasteiger partial charge is 0.345 e. The lowest BCUT2D eigenvalue weighted by atomic mass is 10.1. The lowest BCUT2D eigenvalue weighted by Crippen LogP contribution is -2.09. The molecule has 164 valence electrons. The molecule has 0 aliphatic heterocycles. The zero-order valence-corrected chi connectivity index (χ0v) is 18.8. The molecule has 6 rings (SSSR count). The van der Waals surface area contributed by atoms with E-state index < -0.39 is 0 Å². The highest BCUT2D eigenvalue weighted by atomic mass is 19.1. The fraction of sp³-hybridized carbons (Fsp3) is 0.0323. The van der Waals surface area contributed by atoms with Crippen LogP contribution in [-0.4, -0.2) is 11.6 Å². The second kappa shape index (κ2) is 8.20. The summed E-state index contributed by atoms with van der Waals surface area (Å²) in [7, 11) is 2.10. The van der Waals surface area contributed by atoms with Crippen LogP contribution in [0.3, 0.4) is 0 Å². The first-order valence-electron chi connectivity index (χ1n) is 11.4. The van der Waals surface area contributed by atoms with Gasteiger partial charge in [-0.2, -0.15) is 0 Å². The van der Waals surface area contributed by atoms with Gasteiger partial charge in [0.25, 0.3) is 0 Å². The molecule has 3 heteroatoms. The Morgan fingerprint density at radius 3 is 1.94 bits per heavy atom. The van der Waals surface area contributed by atoms with Gasteiger partial charge in [0.2, 0.25) is 0 Å². The highest BCUT2D eigenvalue weighted by Gasteiger charge is 2.14. The van der Waals surface area contributed by atoms with Crippen molar-refractivity contribution in [2.24, 2.45) is 0 Å². The number of rotatable bonds is 4. The van der Waals surface area contributed by atoms with Gasteiger partial charge in [0.05, 0.1) is 11.0 Å². The van der Waals surface area contributed by atoms with Crippen LogP contribution in [0.4, 0.5) is 15.8 Å². The number of nitrogens with zero attached hydrogens (tertiary/aromatic N) is 2. The minimum Gasteiger partial charge on any atom is -0.345 e. The van der Waals surface area contributed by atoms with Gasteiger partial charge in [0.1, 0.15) is 5.82 Å². The molecule has 1 aromatic heterocycles. The molecule has 0 fully saturated rings. The predicted octanol–water partition coefficient (Wildman–Crippen LogP) is 8.36. The lowest BCUT2D eigenvalue weighted by molar-refractivity contribution is 0.627. The van der Waals surface area contributed by atoms with Gasteiger partial charge in [-0.25, -0.2) is 4.39 Å². The van der Waals surface area contributed by atoms with Crippen LogP contribution in [0.2, 0.25) is 0 Å². The Morgan fingerprint density at radius 2 is 1.18 bits per heavy atom. The monoisotopic (exact) mass is 442 g/mol. The maximum atomic E-state index is 13.6. The number of hydrogen-bond donors (Lipinski definition) is 0. The van der Waals surface area contributed by atoms with E-state index in [0.717, 1.165) is 28.1 Å². The summed E-state index contributed by atoms with van der Waals surface area (Å²) in [5.74, 6) is -0.230. The molecule has 0 bridgehead atoms. The molecular weight excluding hydrogens is 419 g/mol. The highest BCUT2D eigenvalue weighted by Crippen LogP contribution is 2.36. The fourth-order valence-corrected chi connectivity index (χ4v) is 4.70. The van der Waals surface area contributed by atoms with Crippen molar-refractivity contribution in [3.8, 4) is 16.8 Å². The molecule has 34 heavy (non-hydrogen) atoms. The molecule has 2 nitrogen and oxygen atoms in total. The molecule has 6 aromatic rings. The molecule has 0 saturated heterocycles. The van der Waals surface area contributed by atoms with Crippen molar-refractivity contribution >= 4 is 33.2 Å². The first-order valence-corrected chi connectivity index (χ1v) is 11.4. The molecular formula is C31H23FN2. The van der Waals surface area contributed by atoms with Crippen LogP contribution in [-0.2, 0) is 0 Å². The van der Waals surface area contributed by atoms with Gasteiger partial charge in [0.15, 0.2) is 0 Å². The molecule has 0 unspecified atom stereocenters. The molecule has 0 N–H and O–H groups in total. The first kappa shape index (κ1) is 20.3. The summed E-state index contributed by atoms with van der Waals surface area (Å²) >= 11 is 0. The van der Waals surface area contributed by atoms with E-state index in [1.807, 2.05) is 24.3 Å². The number of aromatic nitrogens is 1. The van der Waals surface area contributed by atoms with Crippen molar-refractivity contribution in [1.29, 1.82) is 0 Å². The normalized spacial score (nSPS) is 11.2. The average Bonchev–Trinajstić information content (AvgIpc) is 3.23. The Morgan fingerprint density at radius 1 is 0.559 bits per heavy atom. The molecule has 0 saturated carbocycles. The summed E-state index contributed by atoms with van der Waals surface area (Å²) in [5, 5.41) is 2.35. The maximum Gasteiger partial charge on any atom is 0.123 e. The SMILES string of the molecule is CN(c1ccc(-c2ccccc2)cc1)c1ccc2c(c1)c1ccccc1n2-c1ccc(F)cc1. The van der Waals surface area contributed by atoms with Crippen LogP contribution in [0.15, 0.2) is 121 Å². The van der Waals surface area contributed by atoms with Gasteiger partial charge in [-0.1, -0.05) is 60.7 Å². The summed E-state index contributed by atoms with van der Waals surface area (Å²) in [6, 6.07) is 40.7. The van der Waals surface area contributed by atoms with E-state index in [0.29, 0.717) is 0 Å². The number of fused-ring (bicyclic) bond motifs is 3. The zero-order chi connectivity index (χ0) is 23.1. The van der Waals surface area contributed by atoms with Gasteiger partial charge in [-0.3, -0.25) is 0 Å². The Kier molecular flexibility index (Phi) is 4.88. The van der Waals surface area contributed by atoms with Crippen molar-refractivity contribution in [3.05, 3.63) is 127 Å². The van der Waals surface area contributed by atoms with E-state index in [9.17, 15) is 4.39 Å². The molecule has 0 atom stereocenters. The van der Waals surface area contributed by atoms with Crippen LogP contribution < -0.4 is 4.90 Å². The zero-order valence-electron chi connectivity index (χ0n) is 18.8. The summed E-state index contributed by atoms with van der Waals surface area (Å²) in [5.41, 5.74) is 7.82. The van der Waals surface area contributed by atoms with Crippen LogP contribution >= 0.6 is 0 Å². The van der Waals surface area contributed by atoms with E-state index in [-0.39, 0.29) is 5.82 Å². The van der Waals surface area contributed by atoms with Crippen LogP contribution in [0.25, 0.3) is 38.6 Å². The molecule has 0 amide bonds. The van der Waals surface area contributed by atoms with E-state index in [1.54, 1.807) is 0 Å². The van der Waals surface area contributed by atoms with Gasteiger partial charge >= 0.3 is 0 Å². The van der Waals surface area contributed by atoms with Gasteiger partial charge in [-0.15, -0.1) is 0 Å². The van der Waals surface area contributed by atoms with Gasteiger partial charge in [0, 0.05) is 34.9 Å². The number of para-hydroxylation sites is 1. The molecule has 5 aromatic carbocycles. The van der Waals surface area contributed by atoms with Gasteiger partial charge < -0.3 is 9.47 Å². The maximum absolute atomic E-state index is 13.6. The van der Waals surface area contributed by atoms with Crippen molar-refractivity contribution in [2.45, 2.75) is 0 Å². The topological polar surface area (TPSA) is 8.17 Å². The van der Waals surface area contributed by atoms with Crippen LogP contribution in [0.5, 0.6) is 0 Å². The number of hydrogen-bond acceptors (Lipinski definition) is 1. The number of halogens is 1. The Bertz CT molecular complexity index is 1600. The molecule has 0 spiro atoms. The minimum absolute atomic E-state index is 0.230. The van der Waals surface area contributed by atoms with Crippen molar-refractivity contribution < 1.29 is 4.39 Å². The average molecular weight is 443 g/mol. The second-order valence-electron chi connectivity index (χ2n) is 8.50. The minimum atomic E-state index is -0.230. The first-order chi connectivity index (χ1) is 16.7. The van der Waals surface area contributed by atoms with Crippen molar-refractivity contribution in [1.82, 2.24) is 4.57 Å². The lowest BCUT2D eigenvalue weighted by Gasteiger charge is -2.20. The van der Waals surface area contributed by atoms with Crippen molar-refractivity contribution in [3.63, 3.8) is 0 Å².